The van der Waals surface area contributed by atoms with E-state index in [9.17, 15) is 14.7 Å². The van der Waals surface area contributed by atoms with Crippen molar-refractivity contribution in [3.63, 3.8) is 0 Å². The van der Waals surface area contributed by atoms with E-state index in [2.05, 4.69) is 24.1 Å². The van der Waals surface area contributed by atoms with Crippen LogP contribution < -0.4 is 10.4 Å². The van der Waals surface area contributed by atoms with E-state index in [1.165, 1.54) is 0 Å². The third-order valence-electron chi connectivity index (χ3n) is 6.23. The number of carbonyl (C=O) groups excluding carboxylic acids is 2. The molecule has 2 rings (SSSR count). The Hall–Kier alpha value is -1.18. The molecule has 2 aliphatic heterocycles. The van der Waals surface area contributed by atoms with Gasteiger partial charge in [-0.25, -0.2) is 0 Å². The van der Waals surface area contributed by atoms with Crippen molar-refractivity contribution >= 4 is 12.0 Å². The number of piperidine rings is 1. The minimum Gasteiger partial charge on any atom is -0.498 e. The molecule has 1 N–H and O–H groups in total. The van der Waals surface area contributed by atoms with Crippen molar-refractivity contribution in [3.8, 4) is 0 Å². The Morgan fingerprint density at radius 2 is 1.89 bits per heavy atom. The molecule has 7 nitrogen and oxygen atoms in total. The lowest BCUT2D eigenvalue weighted by Gasteiger charge is -2.38. The lowest BCUT2D eigenvalue weighted by molar-refractivity contribution is -0.876. The molecule has 2 amide bonds. The maximum Gasteiger partial charge on any atom is 0.257 e. The summed E-state index contributed by atoms with van der Waals surface area (Å²) >= 11 is 0. The van der Waals surface area contributed by atoms with E-state index in [1.54, 1.807) is 7.11 Å². The number of hydrogen-bond donors (Lipinski definition) is 1. The van der Waals surface area contributed by atoms with E-state index in [4.69, 9.17) is 4.74 Å². The molecule has 2 unspecified atom stereocenters. The van der Waals surface area contributed by atoms with Crippen LogP contribution in [-0.4, -0.2) is 80.4 Å². The van der Waals surface area contributed by atoms with Crippen LogP contribution >= 0.6 is 0 Å². The molecular formula is C20H37N3O4. The van der Waals surface area contributed by atoms with Crippen molar-refractivity contribution in [2.45, 2.75) is 52.0 Å². The van der Waals surface area contributed by atoms with Gasteiger partial charge in [0.25, 0.3) is 6.09 Å². The Kier molecular flexibility index (Phi) is 8.51. The van der Waals surface area contributed by atoms with E-state index >= 15 is 0 Å². The zero-order chi connectivity index (χ0) is 19.9. The van der Waals surface area contributed by atoms with Gasteiger partial charge < -0.3 is 24.9 Å². The van der Waals surface area contributed by atoms with Gasteiger partial charge in [0.15, 0.2) is 0 Å². The first kappa shape index (κ1) is 22.1. The highest BCUT2D eigenvalue weighted by Crippen LogP contribution is 2.26. The van der Waals surface area contributed by atoms with Gasteiger partial charge in [-0.15, -0.1) is 0 Å². The van der Waals surface area contributed by atoms with Crippen LogP contribution in [0.4, 0.5) is 4.79 Å². The summed E-state index contributed by atoms with van der Waals surface area (Å²) in [6.45, 7) is 8.94. The van der Waals surface area contributed by atoms with Gasteiger partial charge in [0.2, 0.25) is 5.91 Å². The van der Waals surface area contributed by atoms with Gasteiger partial charge in [-0.3, -0.25) is 9.28 Å². The minimum atomic E-state index is -0.978. The van der Waals surface area contributed by atoms with Crippen LogP contribution in [0.3, 0.4) is 0 Å². The number of methoxy groups -OCH3 is 1. The van der Waals surface area contributed by atoms with E-state index in [0.29, 0.717) is 38.2 Å². The molecule has 0 aliphatic carbocycles. The predicted molar refractivity (Wildman–Crippen MR) is 102 cm³/mol. The minimum absolute atomic E-state index is 0.0123. The molecule has 2 saturated heterocycles. The van der Waals surface area contributed by atoms with Crippen molar-refractivity contribution in [3.05, 3.63) is 0 Å². The third kappa shape index (κ3) is 6.16. The summed E-state index contributed by atoms with van der Waals surface area (Å²) in [5.41, 5.74) is 0. The van der Waals surface area contributed by atoms with Crippen LogP contribution in [0, 0.1) is 11.8 Å². The number of ether oxygens (including phenoxy) is 1. The van der Waals surface area contributed by atoms with Crippen LogP contribution in [0.25, 0.3) is 0 Å². The molecule has 0 bridgehead atoms. The van der Waals surface area contributed by atoms with Gasteiger partial charge in [0, 0.05) is 32.0 Å². The third-order valence-corrected chi connectivity index (χ3v) is 6.23. The van der Waals surface area contributed by atoms with Crippen molar-refractivity contribution in [1.29, 1.82) is 0 Å². The lowest BCUT2D eigenvalue weighted by atomic mass is 9.93. The normalized spacial score (nSPS) is 28.1. The molecule has 156 valence electrons. The standard InChI is InChI=1S/C20H37N3O4/c1-16(2)15-21-19(24)17-6-9-22(10-7-17)18-5-4-11-23(12-8-18,20(25)26)13-14-27-3/h16-18H,4-15H2,1-3H3,(H-,21,24,25,26). The number of likely N-dealkylation sites (tertiary alicyclic amines) is 2. The Bertz CT molecular complexity index is 492. The van der Waals surface area contributed by atoms with Crippen LogP contribution in [0.5, 0.6) is 0 Å². The number of carboxylic acid groups (broad SMARTS) is 1. The summed E-state index contributed by atoms with van der Waals surface area (Å²) in [5.74, 6) is 0.780. The molecule has 0 radical (unpaired) electrons. The summed E-state index contributed by atoms with van der Waals surface area (Å²) in [5, 5.41) is 14.8. The van der Waals surface area contributed by atoms with Crippen molar-refractivity contribution in [1.82, 2.24) is 10.2 Å². The number of rotatable bonds is 7. The van der Waals surface area contributed by atoms with Gasteiger partial charge in [0.1, 0.15) is 6.54 Å². The first-order chi connectivity index (χ1) is 12.9. The highest BCUT2D eigenvalue weighted by atomic mass is 16.5. The van der Waals surface area contributed by atoms with Gasteiger partial charge in [-0.1, -0.05) is 13.8 Å². The quantitative estimate of drug-likeness (QED) is 0.659. The van der Waals surface area contributed by atoms with Crippen LogP contribution in [0.1, 0.15) is 46.0 Å². The number of quaternary nitrogens is 1. The summed E-state index contributed by atoms with van der Waals surface area (Å²) in [7, 11) is 1.61. The molecule has 2 heterocycles. The van der Waals surface area contributed by atoms with Crippen molar-refractivity contribution in [2.75, 3.05) is 53.0 Å². The largest absolute Gasteiger partial charge is 0.498 e. The molecule has 0 aromatic carbocycles. The summed E-state index contributed by atoms with van der Waals surface area (Å²) in [6.07, 6.45) is 3.58. The van der Waals surface area contributed by atoms with E-state index < -0.39 is 6.09 Å². The Labute approximate surface area is 163 Å². The number of nitrogens with zero attached hydrogens (tertiary/aromatic N) is 2. The lowest BCUT2D eigenvalue weighted by Crippen LogP contribution is -2.60. The highest BCUT2D eigenvalue weighted by Gasteiger charge is 2.36. The van der Waals surface area contributed by atoms with E-state index in [-0.39, 0.29) is 16.3 Å². The zero-order valence-corrected chi connectivity index (χ0v) is 17.2. The smallest absolute Gasteiger partial charge is 0.257 e. The Balaban J connectivity index is 1.84. The van der Waals surface area contributed by atoms with E-state index in [1.807, 2.05) is 0 Å². The van der Waals surface area contributed by atoms with Crippen LogP contribution in [0.2, 0.25) is 0 Å². The second-order valence-corrected chi connectivity index (χ2v) is 8.61. The Morgan fingerprint density at radius 1 is 1.19 bits per heavy atom. The van der Waals surface area contributed by atoms with Crippen molar-refractivity contribution < 1.29 is 23.9 Å². The maximum atomic E-state index is 12.3. The van der Waals surface area contributed by atoms with Gasteiger partial charge in [0.05, 0.1) is 19.7 Å². The fourth-order valence-corrected chi connectivity index (χ4v) is 4.39. The number of amides is 2. The molecule has 2 aliphatic rings. The highest BCUT2D eigenvalue weighted by molar-refractivity contribution is 5.78. The number of nitrogens with one attached hydrogen (secondary N) is 1. The molecule has 2 fully saturated rings. The molecular weight excluding hydrogens is 346 g/mol. The molecule has 0 aromatic rings. The summed E-state index contributed by atoms with van der Waals surface area (Å²) < 4.78 is 5.13. The maximum absolute atomic E-state index is 12.3. The molecule has 7 heteroatoms. The topological polar surface area (TPSA) is 81.7 Å². The van der Waals surface area contributed by atoms with Gasteiger partial charge in [-0.05, 0) is 44.7 Å². The second-order valence-electron chi connectivity index (χ2n) is 8.61. The fourth-order valence-electron chi connectivity index (χ4n) is 4.39. The summed E-state index contributed by atoms with van der Waals surface area (Å²) in [4.78, 5) is 26.5. The SMILES string of the molecule is COCC[N+]1(C(=O)[O-])CCCC(N2CCC(C(=O)NCC(C)C)CC2)CC1. The Morgan fingerprint density at radius 3 is 2.48 bits per heavy atom. The van der Waals surface area contributed by atoms with Crippen molar-refractivity contribution in [2.24, 2.45) is 11.8 Å². The molecule has 27 heavy (non-hydrogen) atoms. The predicted octanol–water partition coefficient (Wildman–Crippen LogP) is 0.830. The number of hydrogen-bond acceptors (Lipinski definition) is 5. The molecule has 0 spiro atoms. The molecule has 0 aromatic heterocycles. The fraction of sp³-hybridized carbons (Fsp3) is 0.900. The number of carbonyl (C=O) groups is 2. The molecule has 0 saturated carbocycles. The average Bonchev–Trinajstić information content (AvgIpc) is 2.88. The van der Waals surface area contributed by atoms with Gasteiger partial charge >= 0.3 is 0 Å². The average molecular weight is 384 g/mol. The first-order valence-corrected chi connectivity index (χ1v) is 10.5. The van der Waals surface area contributed by atoms with Crippen LogP contribution in [0.15, 0.2) is 0 Å². The summed E-state index contributed by atoms with van der Waals surface area (Å²) in [6, 6.07) is 0.409. The monoisotopic (exact) mass is 383 g/mol. The first-order valence-electron chi connectivity index (χ1n) is 10.5. The second kappa shape index (κ2) is 10.4. The van der Waals surface area contributed by atoms with E-state index in [0.717, 1.165) is 51.7 Å². The zero-order valence-electron chi connectivity index (χ0n) is 17.2. The van der Waals surface area contributed by atoms with Crippen LogP contribution in [-0.2, 0) is 9.53 Å². The van der Waals surface area contributed by atoms with Gasteiger partial charge in [-0.2, -0.15) is 0 Å². The molecule has 2 atom stereocenters.